The molecule has 11 rings (SSSR count). The molecule has 56 heavy (non-hydrogen) atoms. The van der Waals surface area contributed by atoms with Crippen LogP contribution in [0.1, 0.15) is 0 Å². The Morgan fingerprint density at radius 1 is 0.286 bits per heavy atom. The average Bonchev–Trinajstić information content (AvgIpc) is 3.86. The van der Waals surface area contributed by atoms with E-state index >= 15 is 0 Å². The van der Waals surface area contributed by atoms with E-state index in [1.54, 1.807) is 0 Å². The highest BCUT2D eigenvalue weighted by Crippen LogP contribution is 2.47. The van der Waals surface area contributed by atoms with Crippen molar-refractivity contribution in [2.75, 3.05) is 0 Å². The van der Waals surface area contributed by atoms with Gasteiger partial charge in [-0.15, -0.1) is 11.3 Å². The number of para-hydroxylation sites is 1. The van der Waals surface area contributed by atoms with E-state index in [0.29, 0.717) is 0 Å². The van der Waals surface area contributed by atoms with Gasteiger partial charge in [0.15, 0.2) is 0 Å². The summed E-state index contributed by atoms with van der Waals surface area (Å²) >= 11 is 1.87. The standard InChI is InChI=1S/C54H34OS/c1-4-15-35(16-5-1)38-21-12-22-39(29-38)41-30-40(36-17-6-2-7-18-36)31-42(32-41)44-24-14-28-51-53(44)47-26-13-25-45(54(47)56-51)43-33-48(37-19-8-3-9-20-37)52-46-23-10-11-27-49(46)55-50(52)34-43/h1-34H. The van der Waals surface area contributed by atoms with E-state index in [9.17, 15) is 0 Å². The quantitative estimate of drug-likeness (QED) is 0.166. The summed E-state index contributed by atoms with van der Waals surface area (Å²) in [6.45, 7) is 0. The van der Waals surface area contributed by atoms with Gasteiger partial charge in [0.05, 0.1) is 0 Å². The van der Waals surface area contributed by atoms with Crippen LogP contribution in [-0.4, -0.2) is 0 Å². The molecule has 0 amide bonds. The van der Waals surface area contributed by atoms with Gasteiger partial charge in [0.2, 0.25) is 0 Å². The Balaban J connectivity index is 1.12. The van der Waals surface area contributed by atoms with Crippen LogP contribution in [0, 0.1) is 0 Å². The van der Waals surface area contributed by atoms with Gasteiger partial charge < -0.3 is 4.42 Å². The minimum atomic E-state index is 0.906. The van der Waals surface area contributed by atoms with E-state index in [4.69, 9.17) is 4.42 Å². The van der Waals surface area contributed by atoms with Crippen molar-refractivity contribution in [2.45, 2.75) is 0 Å². The van der Waals surface area contributed by atoms with Crippen LogP contribution in [0.25, 0.3) is 109 Å². The van der Waals surface area contributed by atoms with Crippen LogP contribution >= 0.6 is 11.3 Å². The van der Waals surface area contributed by atoms with E-state index in [1.807, 2.05) is 17.4 Å². The zero-order chi connectivity index (χ0) is 37.0. The topological polar surface area (TPSA) is 13.1 Å². The number of hydrogen-bond acceptors (Lipinski definition) is 2. The summed E-state index contributed by atoms with van der Waals surface area (Å²) < 4.78 is 9.11. The Bertz CT molecular complexity index is 3230. The number of hydrogen-bond donors (Lipinski definition) is 0. The van der Waals surface area contributed by atoms with Gasteiger partial charge in [0.25, 0.3) is 0 Å². The highest BCUT2D eigenvalue weighted by Gasteiger charge is 2.19. The Morgan fingerprint density at radius 2 is 0.804 bits per heavy atom. The SMILES string of the molecule is c1ccc(-c2cccc(-c3cc(-c4ccccc4)cc(-c4cccc5sc6c(-c7cc(-c8ccccc8)c8c(c7)oc7ccccc78)cccc6c45)c3)c2)cc1. The van der Waals surface area contributed by atoms with Crippen molar-refractivity contribution in [3.8, 4) is 66.8 Å². The number of benzene rings is 9. The number of fused-ring (bicyclic) bond motifs is 6. The second kappa shape index (κ2) is 13.4. The molecule has 0 radical (unpaired) electrons. The molecule has 9 aromatic carbocycles. The number of rotatable bonds is 6. The lowest BCUT2D eigenvalue weighted by Gasteiger charge is -2.13. The molecule has 1 nitrogen and oxygen atoms in total. The summed E-state index contributed by atoms with van der Waals surface area (Å²) in [6.07, 6.45) is 0. The Hall–Kier alpha value is -7.00. The van der Waals surface area contributed by atoms with E-state index in [-0.39, 0.29) is 0 Å². The fourth-order valence-electron chi connectivity index (χ4n) is 8.43. The molecule has 0 aliphatic rings. The monoisotopic (exact) mass is 730 g/mol. The van der Waals surface area contributed by atoms with Crippen LogP contribution in [0.3, 0.4) is 0 Å². The molecule has 0 fully saturated rings. The fraction of sp³-hybridized carbons (Fsp3) is 0. The smallest absolute Gasteiger partial charge is 0.136 e. The first-order valence-corrected chi connectivity index (χ1v) is 19.9. The first-order valence-electron chi connectivity index (χ1n) is 19.1. The summed E-state index contributed by atoms with van der Waals surface area (Å²) in [5.41, 5.74) is 16.2. The summed E-state index contributed by atoms with van der Waals surface area (Å²) in [6, 6.07) is 74.6. The third-order valence-corrected chi connectivity index (χ3v) is 12.3. The summed E-state index contributed by atoms with van der Waals surface area (Å²) in [7, 11) is 0. The van der Waals surface area contributed by atoms with E-state index in [1.165, 1.54) is 81.4 Å². The van der Waals surface area contributed by atoms with E-state index < -0.39 is 0 Å². The molecular formula is C54H34OS. The third-order valence-electron chi connectivity index (χ3n) is 11.1. The maximum atomic E-state index is 6.56. The van der Waals surface area contributed by atoms with Crippen molar-refractivity contribution in [2.24, 2.45) is 0 Å². The number of thiophene rings is 1. The van der Waals surface area contributed by atoms with Crippen molar-refractivity contribution in [1.82, 2.24) is 0 Å². The molecule has 0 unspecified atom stereocenters. The molecule has 0 aliphatic heterocycles. The lowest BCUT2D eigenvalue weighted by molar-refractivity contribution is 0.669. The predicted molar refractivity (Wildman–Crippen MR) is 239 cm³/mol. The molecule has 262 valence electrons. The second-order valence-electron chi connectivity index (χ2n) is 14.4. The van der Waals surface area contributed by atoms with Gasteiger partial charge in [0, 0.05) is 30.9 Å². The molecule has 0 aliphatic carbocycles. The molecule has 0 spiro atoms. The predicted octanol–water partition coefficient (Wildman–Crippen LogP) is 16.0. The minimum Gasteiger partial charge on any atom is -0.456 e. The van der Waals surface area contributed by atoms with E-state index in [0.717, 1.165) is 27.5 Å². The van der Waals surface area contributed by atoms with Crippen LogP contribution in [-0.2, 0) is 0 Å². The maximum absolute atomic E-state index is 6.56. The van der Waals surface area contributed by atoms with Gasteiger partial charge in [-0.2, -0.15) is 0 Å². The molecule has 2 heteroatoms. The van der Waals surface area contributed by atoms with Crippen molar-refractivity contribution >= 4 is 53.4 Å². The van der Waals surface area contributed by atoms with Gasteiger partial charge in [0.1, 0.15) is 11.2 Å². The van der Waals surface area contributed by atoms with Crippen LogP contribution in [0.2, 0.25) is 0 Å². The van der Waals surface area contributed by atoms with Crippen molar-refractivity contribution in [3.05, 3.63) is 206 Å². The molecule has 0 saturated carbocycles. The number of furan rings is 1. The van der Waals surface area contributed by atoms with Crippen molar-refractivity contribution in [1.29, 1.82) is 0 Å². The lowest BCUT2D eigenvalue weighted by Crippen LogP contribution is -1.88. The molecule has 0 atom stereocenters. The molecule has 0 bridgehead atoms. The molecule has 11 aromatic rings. The second-order valence-corrected chi connectivity index (χ2v) is 15.5. The lowest BCUT2D eigenvalue weighted by atomic mass is 9.90. The first kappa shape index (κ1) is 32.4. The minimum absolute atomic E-state index is 0.906. The van der Waals surface area contributed by atoms with Crippen molar-refractivity contribution < 1.29 is 4.42 Å². The van der Waals surface area contributed by atoms with Gasteiger partial charge in [-0.1, -0.05) is 158 Å². The van der Waals surface area contributed by atoms with Gasteiger partial charge in [-0.05, 0) is 115 Å². The molecule has 2 heterocycles. The first-order chi connectivity index (χ1) is 27.7. The summed E-state index contributed by atoms with van der Waals surface area (Å²) in [4.78, 5) is 0. The largest absolute Gasteiger partial charge is 0.456 e. The molecule has 0 N–H and O–H groups in total. The van der Waals surface area contributed by atoms with Gasteiger partial charge in [-0.3, -0.25) is 0 Å². The van der Waals surface area contributed by atoms with Crippen LogP contribution in [0.5, 0.6) is 0 Å². The zero-order valence-corrected chi connectivity index (χ0v) is 31.3. The molecular weight excluding hydrogens is 697 g/mol. The fourth-order valence-corrected chi connectivity index (χ4v) is 9.69. The highest BCUT2D eigenvalue weighted by atomic mass is 32.1. The van der Waals surface area contributed by atoms with Crippen LogP contribution in [0.4, 0.5) is 0 Å². The highest BCUT2D eigenvalue weighted by molar-refractivity contribution is 7.26. The summed E-state index contributed by atoms with van der Waals surface area (Å²) in [5, 5.41) is 4.85. The molecule has 0 saturated heterocycles. The van der Waals surface area contributed by atoms with E-state index in [2.05, 4.69) is 200 Å². The normalized spacial score (nSPS) is 11.6. The van der Waals surface area contributed by atoms with Gasteiger partial charge >= 0.3 is 0 Å². The third kappa shape index (κ3) is 5.54. The summed E-state index contributed by atoms with van der Waals surface area (Å²) in [5.74, 6) is 0. The van der Waals surface area contributed by atoms with Crippen LogP contribution in [0.15, 0.2) is 211 Å². The Morgan fingerprint density at radius 3 is 1.57 bits per heavy atom. The van der Waals surface area contributed by atoms with Crippen LogP contribution < -0.4 is 0 Å². The Kier molecular flexibility index (Phi) is 7.75. The molecule has 2 aromatic heterocycles. The van der Waals surface area contributed by atoms with Crippen molar-refractivity contribution in [3.63, 3.8) is 0 Å². The zero-order valence-electron chi connectivity index (χ0n) is 30.4. The van der Waals surface area contributed by atoms with Gasteiger partial charge in [-0.25, -0.2) is 0 Å². The maximum Gasteiger partial charge on any atom is 0.136 e. The Labute approximate surface area is 329 Å². The average molecular weight is 731 g/mol.